The van der Waals surface area contributed by atoms with Crippen LogP contribution in [-0.2, 0) is 6.54 Å². The van der Waals surface area contributed by atoms with Crippen LogP contribution in [0.1, 0.15) is 50.0 Å². The second kappa shape index (κ2) is 17.1. The van der Waals surface area contributed by atoms with Crippen molar-refractivity contribution in [1.82, 2.24) is 9.78 Å². The number of carbonyl (C=O) groups excluding carboxylic acids is 1. The number of thioether (sulfide) groups is 1. The number of halogens is 2. The van der Waals surface area contributed by atoms with E-state index in [9.17, 15) is 9.18 Å². The zero-order valence-electron chi connectivity index (χ0n) is 21.5. The summed E-state index contributed by atoms with van der Waals surface area (Å²) in [5.41, 5.74) is 1.48. The summed E-state index contributed by atoms with van der Waals surface area (Å²) in [6.07, 6.45) is 3.91. The molecule has 0 saturated heterocycles. The third-order valence-corrected chi connectivity index (χ3v) is 6.29. The molecule has 3 rings (SSSR count). The van der Waals surface area contributed by atoms with Crippen LogP contribution >= 0.6 is 23.4 Å². The van der Waals surface area contributed by atoms with Crippen molar-refractivity contribution in [2.75, 3.05) is 17.7 Å². The lowest BCUT2D eigenvalue weighted by molar-refractivity contribution is 0.0782. The van der Waals surface area contributed by atoms with Gasteiger partial charge in [-0.05, 0) is 54.8 Å². The van der Waals surface area contributed by atoms with E-state index in [1.165, 1.54) is 12.5 Å². The summed E-state index contributed by atoms with van der Waals surface area (Å²) in [5.74, 6) is 0.834. The molecule has 3 aromatic rings. The Hall–Kier alpha value is -2.39. The fourth-order valence-corrected chi connectivity index (χ4v) is 3.78. The van der Waals surface area contributed by atoms with Crippen molar-refractivity contribution in [2.45, 2.75) is 58.6 Å². The van der Waals surface area contributed by atoms with Gasteiger partial charge in [-0.15, -0.1) is 11.8 Å². The van der Waals surface area contributed by atoms with E-state index < -0.39 is 6.10 Å². The Morgan fingerprint density at radius 3 is 2.47 bits per heavy atom. The lowest BCUT2D eigenvalue weighted by atomic mass is 10.2. The molecule has 1 aromatic heterocycles. The highest BCUT2D eigenvalue weighted by molar-refractivity contribution is 7.99. The molecule has 2 aromatic carbocycles. The van der Waals surface area contributed by atoms with Crippen molar-refractivity contribution in [3.05, 3.63) is 76.8 Å². The van der Waals surface area contributed by atoms with E-state index in [2.05, 4.69) is 38.1 Å². The molecule has 36 heavy (non-hydrogen) atoms. The normalized spacial score (nSPS) is 11.2. The fraction of sp³-hybridized carbons (Fsp3) is 0.407. The minimum atomic E-state index is -0.708. The lowest BCUT2D eigenvalue weighted by Crippen LogP contribution is -2.19. The van der Waals surface area contributed by atoms with Crippen molar-refractivity contribution in [3.8, 4) is 0 Å². The summed E-state index contributed by atoms with van der Waals surface area (Å²) in [5, 5.41) is 24.6. The molecule has 1 heterocycles. The average molecular weight is 538 g/mol. The molecule has 1 amide bonds. The van der Waals surface area contributed by atoms with E-state index >= 15 is 0 Å². The van der Waals surface area contributed by atoms with Crippen LogP contribution in [0, 0.1) is 18.7 Å². The van der Waals surface area contributed by atoms with E-state index in [-0.39, 0.29) is 18.3 Å². The number of anilines is 1. The third kappa shape index (κ3) is 12.0. The number of benzene rings is 2. The predicted molar refractivity (Wildman–Crippen MR) is 147 cm³/mol. The Labute approximate surface area is 222 Å². The van der Waals surface area contributed by atoms with Gasteiger partial charge in [-0.3, -0.25) is 9.48 Å². The molecule has 1 unspecified atom stereocenters. The molecule has 0 fully saturated rings. The summed E-state index contributed by atoms with van der Waals surface area (Å²) in [4.78, 5) is 13.2. The van der Waals surface area contributed by atoms with Gasteiger partial charge in [0.1, 0.15) is 5.82 Å². The van der Waals surface area contributed by atoms with Crippen LogP contribution in [0.4, 0.5) is 10.1 Å². The second-order valence-corrected chi connectivity index (χ2v) is 10.0. The van der Waals surface area contributed by atoms with E-state index in [1.807, 2.05) is 0 Å². The van der Waals surface area contributed by atoms with Gasteiger partial charge >= 0.3 is 0 Å². The number of hydrogen-bond acceptors (Lipinski definition) is 5. The monoisotopic (exact) mass is 537 g/mol. The molecular weight excluding hydrogens is 501 g/mol. The summed E-state index contributed by atoms with van der Waals surface area (Å²) in [7, 11) is 0. The Balaban J connectivity index is 0.000000412. The maximum atomic E-state index is 13.6. The number of nitrogens with zero attached hydrogens (tertiary/aromatic N) is 2. The Morgan fingerprint density at radius 1 is 1.22 bits per heavy atom. The molecule has 0 aliphatic carbocycles. The summed E-state index contributed by atoms with van der Waals surface area (Å²) < 4.78 is 15.1. The van der Waals surface area contributed by atoms with Gasteiger partial charge in [0.25, 0.3) is 5.91 Å². The van der Waals surface area contributed by atoms with Crippen LogP contribution in [0.3, 0.4) is 0 Å². The van der Waals surface area contributed by atoms with Crippen LogP contribution in [0.5, 0.6) is 0 Å². The van der Waals surface area contributed by atoms with Gasteiger partial charge in [0, 0.05) is 34.3 Å². The SMILES string of the molecule is CCC.Cc1ccc(NC(=O)c2ccc(Cl)c(SCC(C)C)c2)cc1F.OCC(O)Cn1cccn1. The maximum absolute atomic E-state index is 13.6. The van der Waals surface area contributed by atoms with Gasteiger partial charge in [-0.25, -0.2) is 4.39 Å². The Morgan fingerprint density at radius 2 is 1.92 bits per heavy atom. The van der Waals surface area contributed by atoms with E-state index in [0.717, 1.165) is 10.6 Å². The summed E-state index contributed by atoms with van der Waals surface area (Å²) in [6, 6.07) is 11.6. The molecule has 6 nitrogen and oxygen atoms in total. The molecular formula is C27H37ClFN3O3S. The molecule has 0 saturated carbocycles. The average Bonchev–Trinajstić information content (AvgIpc) is 3.34. The summed E-state index contributed by atoms with van der Waals surface area (Å²) >= 11 is 7.81. The lowest BCUT2D eigenvalue weighted by Gasteiger charge is -2.10. The van der Waals surface area contributed by atoms with Gasteiger partial charge in [0.2, 0.25) is 0 Å². The highest BCUT2D eigenvalue weighted by atomic mass is 35.5. The summed E-state index contributed by atoms with van der Waals surface area (Å²) in [6.45, 7) is 10.3. The first-order valence-electron chi connectivity index (χ1n) is 11.9. The Kier molecular flexibility index (Phi) is 15.1. The highest BCUT2D eigenvalue weighted by Gasteiger charge is 2.11. The van der Waals surface area contributed by atoms with Crippen LogP contribution in [0.25, 0.3) is 0 Å². The molecule has 0 bridgehead atoms. The minimum Gasteiger partial charge on any atom is -0.394 e. The zero-order chi connectivity index (χ0) is 27.1. The number of hydrogen-bond donors (Lipinski definition) is 3. The first kappa shape index (κ1) is 31.6. The molecule has 0 aliphatic heterocycles. The van der Waals surface area contributed by atoms with Crippen molar-refractivity contribution < 1.29 is 19.4 Å². The first-order chi connectivity index (χ1) is 17.1. The molecule has 3 N–H and O–H groups in total. The smallest absolute Gasteiger partial charge is 0.255 e. The highest BCUT2D eigenvalue weighted by Crippen LogP contribution is 2.30. The number of aryl methyl sites for hydroxylation is 1. The van der Waals surface area contributed by atoms with Gasteiger partial charge in [0.05, 0.1) is 24.3 Å². The number of carbonyl (C=O) groups is 1. The quantitative estimate of drug-likeness (QED) is 0.288. The third-order valence-electron chi connectivity index (χ3n) is 4.36. The molecule has 0 radical (unpaired) electrons. The number of aromatic nitrogens is 2. The number of nitrogens with one attached hydrogen (secondary N) is 1. The molecule has 198 valence electrons. The van der Waals surface area contributed by atoms with Crippen LogP contribution in [0.15, 0.2) is 59.8 Å². The van der Waals surface area contributed by atoms with Crippen molar-refractivity contribution in [1.29, 1.82) is 0 Å². The molecule has 9 heteroatoms. The zero-order valence-corrected chi connectivity index (χ0v) is 23.1. The van der Waals surface area contributed by atoms with Crippen LogP contribution in [0.2, 0.25) is 5.02 Å². The van der Waals surface area contributed by atoms with Crippen LogP contribution < -0.4 is 5.32 Å². The standard InChI is InChI=1S/C18H19ClFNOS.C6H10N2O2.C3H8/c1-11(2)10-23-17-8-13(5-7-15(17)19)18(22)21-14-6-4-12(3)16(20)9-14;9-5-6(10)4-8-3-1-2-7-8;1-3-2/h4-9,11H,10H2,1-3H3,(H,21,22);1-3,6,9-10H,4-5H2;3H2,1-2H3. The number of aliphatic hydroxyl groups is 2. The van der Waals surface area contributed by atoms with Gasteiger partial charge < -0.3 is 15.5 Å². The largest absolute Gasteiger partial charge is 0.394 e. The van der Waals surface area contributed by atoms with E-state index in [4.69, 9.17) is 21.8 Å². The maximum Gasteiger partial charge on any atom is 0.255 e. The van der Waals surface area contributed by atoms with Gasteiger partial charge in [-0.2, -0.15) is 5.10 Å². The van der Waals surface area contributed by atoms with E-state index in [1.54, 1.807) is 72.2 Å². The minimum absolute atomic E-state index is 0.222. The van der Waals surface area contributed by atoms with Gasteiger partial charge in [0.15, 0.2) is 0 Å². The van der Waals surface area contributed by atoms with Crippen molar-refractivity contribution >= 4 is 35.0 Å². The molecule has 0 spiro atoms. The molecule has 0 aliphatic rings. The van der Waals surface area contributed by atoms with Crippen molar-refractivity contribution in [2.24, 2.45) is 5.92 Å². The topological polar surface area (TPSA) is 87.4 Å². The predicted octanol–water partition coefficient (Wildman–Crippen LogP) is 6.44. The first-order valence-corrected chi connectivity index (χ1v) is 13.2. The van der Waals surface area contributed by atoms with Crippen LogP contribution in [-0.4, -0.2) is 44.4 Å². The number of amides is 1. The van der Waals surface area contributed by atoms with Gasteiger partial charge in [-0.1, -0.05) is 51.8 Å². The fourth-order valence-electron chi connectivity index (χ4n) is 2.57. The molecule has 1 atom stereocenters. The van der Waals surface area contributed by atoms with Crippen molar-refractivity contribution in [3.63, 3.8) is 0 Å². The number of aliphatic hydroxyl groups excluding tert-OH is 2. The number of rotatable bonds is 8. The Bertz CT molecular complexity index is 1050. The van der Waals surface area contributed by atoms with E-state index in [0.29, 0.717) is 34.3 Å². The second-order valence-electron chi connectivity index (χ2n) is 8.54.